The van der Waals surface area contributed by atoms with Crippen LogP contribution >= 0.6 is 11.6 Å². The van der Waals surface area contributed by atoms with Gasteiger partial charge in [-0.25, -0.2) is 4.98 Å². The number of carbonyl (C=O) groups is 1. The largest absolute Gasteiger partial charge is 0.384 e. The first-order chi connectivity index (χ1) is 8.01. The quantitative estimate of drug-likeness (QED) is 0.900. The highest BCUT2D eigenvalue weighted by atomic mass is 35.5. The number of hydrogen-bond acceptors (Lipinski definition) is 3. The molecule has 0 aliphatic heterocycles. The number of rotatable bonds is 4. The van der Waals surface area contributed by atoms with Gasteiger partial charge in [-0.2, -0.15) is 0 Å². The molecule has 1 heterocycles. The summed E-state index contributed by atoms with van der Waals surface area (Å²) in [7, 11) is 1.77. The second-order valence-electron chi connectivity index (χ2n) is 3.95. The van der Waals surface area contributed by atoms with E-state index in [1.807, 2.05) is 13.8 Å². The Morgan fingerprint density at radius 2 is 2.06 bits per heavy atom. The van der Waals surface area contributed by atoms with Crippen LogP contribution in [0, 0.1) is 0 Å². The minimum Gasteiger partial charge on any atom is -0.384 e. The number of anilines is 1. The molecule has 0 aliphatic carbocycles. The highest BCUT2D eigenvalue weighted by molar-refractivity contribution is 6.33. The summed E-state index contributed by atoms with van der Waals surface area (Å²) in [5.41, 5.74) is 5.79. The van der Waals surface area contributed by atoms with Crippen LogP contribution in [-0.4, -0.2) is 28.9 Å². The summed E-state index contributed by atoms with van der Waals surface area (Å²) in [4.78, 5) is 17.9. The number of halogens is 1. The molecule has 2 N–H and O–H groups in total. The van der Waals surface area contributed by atoms with Crippen molar-refractivity contribution in [1.82, 2.24) is 9.88 Å². The number of pyridine rings is 1. The van der Waals surface area contributed by atoms with E-state index in [9.17, 15) is 4.79 Å². The first-order valence-corrected chi connectivity index (χ1v) is 6.08. The van der Waals surface area contributed by atoms with Gasteiger partial charge in [0.25, 0.3) is 5.91 Å². The second-order valence-corrected chi connectivity index (χ2v) is 4.36. The number of hydrogen-bond donors (Lipinski definition) is 1. The fourth-order valence-electron chi connectivity index (χ4n) is 1.78. The van der Waals surface area contributed by atoms with Crippen molar-refractivity contribution in [2.75, 3.05) is 12.8 Å². The summed E-state index contributed by atoms with van der Waals surface area (Å²) in [6, 6.07) is 3.37. The van der Waals surface area contributed by atoms with Gasteiger partial charge in [-0.3, -0.25) is 4.79 Å². The van der Waals surface area contributed by atoms with Gasteiger partial charge in [0, 0.05) is 13.1 Å². The second kappa shape index (κ2) is 5.87. The summed E-state index contributed by atoms with van der Waals surface area (Å²) in [5, 5.41) is 0.335. The topological polar surface area (TPSA) is 59.2 Å². The zero-order valence-corrected chi connectivity index (χ0v) is 11.2. The average molecular weight is 256 g/mol. The molecule has 0 radical (unpaired) electrons. The van der Waals surface area contributed by atoms with Gasteiger partial charge >= 0.3 is 0 Å². The van der Waals surface area contributed by atoms with Crippen LogP contribution < -0.4 is 5.73 Å². The van der Waals surface area contributed by atoms with Crippen LogP contribution in [0.2, 0.25) is 5.02 Å². The third kappa shape index (κ3) is 3.09. The van der Waals surface area contributed by atoms with Crippen LogP contribution in [0.5, 0.6) is 0 Å². The van der Waals surface area contributed by atoms with Gasteiger partial charge in [0.2, 0.25) is 0 Å². The third-order valence-electron chi connectivity index (χ3n) is 2.88. The zero-order valence-electron chi connectivity index (χ0n) is 10.4. The first-order valence-electron chi connectivity index (χ1n) is 5.70. The van der Waals surface area contributed by atoms with Gasteiger partial charge in [0.15, 0.2) is 0 Å². The van der Waals surface area contributed by atoms with Crippen molar-refractivity contribution >= 4 is 23.3 Å². The Morgan fingerprint density at radius 1 is 1.47 bits per heavy atom. The van der Waals surface area contributed by atoms with Gasteiger partial charge in [0.05, 0.1) is 5.02 Å². The van der Waals surface area contributed by atoms with Crippen molar-refractivity contribution in [2.45, 2.75) is 32.7 Å². The minimum absolute atomic E-state index is 0.184. The molecule has 0 atom stereocenters. The summed E-state index contributed by atoms with van der Waals surface area (Å²) in [5.74, 6) is 0.117. The van der Waals surface area contributed by atoms with Gasteiger partial charge in [-0.05, 0) is 25.0 Å². The molecule has 4 nitrogen and oxygen atoms in total. The summed E-state index contributed by atoms with van der Waals surface area (Å²) < 4.78 is 0. The zero-order chi connectivity index (χ0) is 13.0. The Labute approximate surface area is 107 Å². The van der Waals surface area contributed by atoms with Crippen molar-refractivity contribution < 1.29 is 4.79 Å². The molecule has 1 aromatic rings. The van der Waals surface area contributed by atoms with E-state index in [-0.39, 0.29) is 17.6 Å². The summed E-state index contributed by atoms with van der Waals surface area (Å²) in [6.07, 6.45) is 1.80. The van der Waals surface area contributed by atoms with Crippen LogP contribution in [0.3, 0.4) is 0 Å². The van der Waals surface area contributed by atoms with E-state index in [0.717, 1.165) is 12.8 Å². The maximum Gasteiger partial charge on any atom is 0.274 e. The van der Waals surface area contributed by atoms with Crippen LogP contribution in [0.1, 0.15) is 37.2 Å². The monoisotopic (exact) mass is 255 g/mol. The van der Waals surface area contributed by atoms with Crippen molar-refractivity contribution in [3.8, 4) is 0 Å². The molecule has 17 heavy (non-hydrogen) atoms. The maximum absolute atomic E-state index is 12.2. The van der Waals surface area contributed by atoms with Crippen LogP contribution in [-0.2, 0) is 0 Å². The third-order valence-corrected chi connectivity index (χ3v) is 3.19. The standard InChI is InChI=1S/C12H18ClN3O/c1-4-8(5-2)16(3)12(17)11-9(13)6-7-10(14)15-11/h6-8H,4-5H2,1-3H3,(H2,14,15). The highest BCUT2D eigenvalue weighted by Gasteiger charge is 2.21. The molecule has 5 heteroatoms. The molecule has 0 aromatic carbocycles. The van der Waals surface area contributed by atoms with Crippen molar-refractivity contribution in [1.29, 1.82) is 0 Å². The molecule has 0 aliphatic rings. The molecule has 0 saturated heterocycles. The van der Waals surface area contributed by atoms with Gasteiger partial charge in [0.1, 0.15) is 11.5 Å². The molecule has 0 bridgehead atoms. The van der Waals surface area contributed by atoms with E-state index < -0.39 is 0 Å². The van der Waals surface area contributed by atoms with Crippen LogP contribution in [0.25, 0.3) is 0 Å². The summed E-state index contributed by atoms with van der Waals surface area (Å²) >= 11 is 5.96. The Morgan fingerprint density at radius 3 is 2.59 bits per heavy atom. The average Bonchev–Trinajstić information content (AvgIpc) is 2.32. The number of nitrogens with zero attached hydrogens (tertiary/aromatic N) is 2. The van der Waals surface area contributed by atoms with Crippen LogP contribution in [0.15, 0.2) is 12.1 Å². The van der Waals surface area contributed by atoms with Gasteiger partial charge < -0.3 is 10.6 Å². The van der Waals surface area contributed by atoms with E-state index in [1.54, 1.807) is 24.1 Å². The molecule has 0 fully saturated rings. The van der Waals surface area contributed by atoms with Gasteiger partial charge in [-0.1, -0.05) is 25.4 Å². The smallest absolute Gasteiger partial charge is 0.274 e. The lowest BCUT2D eigenvalue weighted by atomic mass is 10.1. The summed E-state index contributed by atoms with van der Waals surface area (Å²) in [6.45, 7) is 4.10. The molecule has 1 amide bonds. The van der Waals surface area contributed by atoms with E-state index in [0.29, 0.717) is 10.8 Å². The first kappa shape index (κ1) is 13.8. The number of nitrogens with two attached hydrogens (primary N) is 1. The molecular weight excluding hydrogens is 238 g/mol. The number of amides is 1. The van der Waals surface area contributed by atoms with E-state index in [1.165, 1.54) is 0 Å². The van der Waals surface area contributed by atoms with Crippen LogP contribution in [0.4, 0.5) is 5.82 Å². The number of nitrogen functional groups attached to an aromatic ring is 1. The fraction of sp³-hybridized carbons (Fsp3) is 0.500. The highest BCUT2D eigenvalue weighted by Crippen LogP contribution is 2.18. The molecule has 94 valence electrons. The number of carbonyl (C=O) groups excluding carboxylic acids is 1. The Kier molecular flexibility index (Phi) is 4.75. The van der Waals surface area contributed by atoms with Crippen molar-refractivity contribution in [2.24, 2.45) is 0 Å². The van der Waals surface area contributed by atoms with E-state index in [4.69, 9.17) is 17.3 Å². The Balaban J connectivity index is 2.99. The van der Waals surface area contributed by atoms with Gasteiger partial charge in [-0.15, -0.1) is 0 Å². The van der Waals surface area contributed by atoms with E-state index >= 15 is 0 Å². The normalized spacial score (nSPS) is 10.6. The fourth-order valence-corrected chi connectivity index (χ4v) is 1.96. The molecule has 0 saturated carbocycles. The predicted octanol–water partition coefficient (Wildman–Crippen LogP) is 2.58. The van der Waals surface area contributed by atoms with Crippen molar-refractivity contribution in [3.05, 3.63) is 22.8 Å². The lowest BCUT2D eigenvalue weighted by Crippen LogP contribution is -2.36. The SMILES string of the molecule is CCC(CC)N(C)C(=O)c1nc(N)ccc1Cl. The Hall–Kier alpha value is -1.29. The molecule has 0 unspecified atom stereocenters. The minimum atomic E-state index is -0.184. The lowest BCUT2D eigenvalue weighted by Gasteiger charge is -2.26. The number of aromatic nitrogens is 1. The van der Waals surface area contributed by atoms with Crippen molar-refractivity contribution in [3.63, 3.8) is 0 Å². The maximum atomic E-state index is 12.2. The molecule has 1 aromatic heterocycles. The molecular formula is C12H18ClN3O. The Bertz CT molecular complexity index is 405. The molecule has 0 spiro atoms. The molecule has 1 rings (SSSR count). The predicted molar refractivity (Wildman–Crippen MR) is 70.1 cm³/mol. The lowest BCUT2D eigenvalue weighted by molar-refractivity contribution is 0.0718. The van der Waals surface area contributed by atoms with E-state index in [2.05, 4.69) is 4.98 Å².